The number of hydrogen-bond donors (Lipinski definition) is 1. The van der Waals surface area contributed by atoms with Crippen LogP contribution in [-0.4, -0.2) is 29.9 Å². The van der Waals surface area contributed by atoms with Crippen LogP contribution in [0.4, 0.5) is 14.9 Å². The lowest BCUT2D eigenvalue weighted by molar-refractivity contribution is -0.123. The summed E-state index contributed by atoms with van der Waals surface area (Å²) < 4.78 is 14.5. The maximum atomic E-state index is 14.5. The van der Waals surface area contributed by atoms with E-state index >= 15 is 0 Å². The van der Waals surface area contributed by atoms with E-state index in [4.69, 9.17) is 0 Å². The maximum absolute atomic E-state index is 14.5. The number of anilines is 1. The molecule has 5 nitrogen and oxygen atoms in total. The highest BCUT2D eigenvalue weighted by Crippen LogP contribution is 2.24. The summed E-state index contributed by atoms with van der Waals surface area (Å²) in [5.41, 5.74) is 2.06. The van der Waals surface area contributed by atoms with Crippen LogP contribution < -0.4 is 10.2 Å². The van der Waals surface area contributed by atoms with E-state index in [1.54, 1.807) is 6.07 Å². The van der Waals surface area contributed by atoms with Crippen LogP contribution in [0.25, 0.3) is 6.08 Å². The Morgan fingerprint density at radius 1 is 1.04 bits per heavy atom. The second-order valence-corrected chi connectivity index (χ2v) is 6.77. The molecule has 0 atom stereocenters. The second-order valence-electron chi connectivity index (χ2n) is 6.77. The lowest BCUT2D eigenvalue weighted by Crippen LogP contribution is -2.30. The van der Waals surface area contributed by atoms with Crippen molar-refractivity contribution in [1.82, 2.24) is 10.2 Å². The van der Waals surface area contributed by atoms with Gasteiger partial charge >= 0.3 is 6.03 Å². The number of urea groups is 1. The number of carbonyl (C=O) groups is 2. The normalized spacial score (nSPS) is 18.5. The minimum Gasteiger partial charge on any atom is -0.371 e. The first-order valence-corrected chi connectivity index (χ1v) is 9.05. The maximum Gasteiger partial charge on any atom is 0.329 e. The topological polar surface area (TPSA) is 52.7 Å². The summed E-state index contributed by atoms with van der Waals surface area (Å²) in [6, 6.07) is 13.8. The molecule has 138 valence electrons. The van der Waals surface area contributed by atoms with E-state index < -0.39 is 17.8 Å². The van der Waals surface area contributed by atoms with E-state index in [9.17, 15) is 14.0 Å². The van der Waals surface area contributed by atoms with Gasteiger partial charge in [0.2, 0.25) is 0 Å². The fourth-order valence-corrected chi connectivity index (χ4v) is 3.44. The minimum atomic E-state index is -0.496. The Morgan fingerprint density at radius 3 is 2.48 bits per heavy atom. The largest absolute Gasteiger partial charge is 0.371 e. The average molecular weight is 365 g/mol. The van der Waals surface area contributed by atoms with Crippen LogP contribution in [0.5, 0.6) is 0 Å². The molecule has 2 heterocycles. The highest BCUT2D eigenvalue weighted by Gasteiger charge is 2.33. The number of nitrogens with zero attached hydrogens (tertiary/aromatic N) is 2. The number of amides is 3. The van der Waals surface area contributed by atoms with E-state index in [-0.39, 0.29) is 17.8 Å². The van der Waals surface area contributed by atoms with Crippen LogP contribution in [0.15, 0.2) is 54.2 Å². The van der Waals surface area contributed by atoms with E-state index in [2.05, 4.69) is 10.2 Å². The van der Waals surface area contributed by atoms with Gasteiger partial charge in [0.05, 0.1) is 6.54 Å². The summed E-state index contributed by atoms with van der Waals surface area (Å²) >= 11 is 0. The predicted molar refractivity (Wildman–Crippen MR) is 101 cm³/mol. The van der Waals surface area contributed by atoms with Crippen molar-refractivity contribution in [2.24, 2.45) is 0 Å². The molecule has 0 bridgehead atoms. The molecular formula is C21H20FN3O2. The molecule has 0 saturated carbocycles. The summed E-state index contributed by atoms with van der Waals surface area (Å²) in [6.45, 7) is 2.05. The quantitative estimate of drug-likeness (QED) is 0.666. The summed E-state index contributed by atoms with van der Waals surface area (Å²) in [5, 5.41) is 2.54. The summed E-state index contributed by atoms with van der Waals surface area (Å²) in [7, 11) is 0. The molecule has 3 amide bonds. The molecule has 2 aliphatic heterocycles. The van der Waals surface area contributed by atoms with Crippen LogP contribution in [0.2, 0.25) is 0 Å². The highest BCUT2D eigenvalue weighted by atomic mass is 19.1. The SMILES string of the molecule is O=C1N/C(=C/c2ccc(N3CCCC3)cc2F)C(=O)N1Cc1ccccc1. The molecule has 4 rings (SSSR count). The van der Waals surface area contributed by atoms with Crippen molar-refractivity contribution in [1.29, 1.82) is 0 Å². The third-order valence-electron chi connectivity index (χ3n) is 4.90. The number of imide groups is 1. The van der Waals surface area contributed by atoms with Crippen molar-refractivity contribution < 1.29 is 14.0 Å². The van der Waals surface area contributed by atoms with Gasteiger partial charge in [-0.15, -0.1) is 0 Å². The summed E-state index contributed by atoms with van der Waals surface area (Å²) in [6.07, 6.45) is 3.63. The van der Waals surface area contributed by atoms with Crippen molar-refractivity contribution in [3.8, 4) is 0 Å². The molecule has 0 aliphatic carbocycles. The molecule has 1 N–H and O–H groups in total. The zero-order valence-electron chi connectivity index (χ0n) is 14.8. The molecule has 0 spiro atoms. The van der Waals surface area contributed by atoms with Crippen LogP contribution in [-0.2, 0) is 11.3 Å². The van der Waals surface area contributed by atoms with E-state index in [1.165, 1.54) is 12.1 Å². The van der Waals surface area contributed by atoms with Gasteiger partial charge in [-0.3, -0.25) is 9.69 Å². The minimum absolute atomic E-state index is 0.0868. The third kappa shape index (κ3) is 3.56. The van der Waals surface area contributed by atoms with Crippen LogP contribution in [0, 0.1) is 5.82 Å². The van der Waals surface area contributed by atoms with Gasteiger partial charge in [0, 0.05) is 24.3 Å². The van der Waals surface area contributed by atoms with Gasteiger partial charge in [0.15, 0.2) is 0 Å². The Labute approximate surface area is 157 Å². The van der Waals surface area contributed by atoms with Gasteiger partial charge in [-0.25, -0.2) is 9.18 Å². The van der Waals surface area contributed by atoms with Crippen molar-refractivity contribution in [2.75, 3.05) is 18.0 Å². The van der Waals surface area contributed by atoms with Gasteiger partial charge in [-0.05, 0) is 42.7 Å². The van der Waals surface area contributed by atoms with Gasteiger partial charge in [-0.2, -0.15) is 0 Å². The van der Waals surface area contributed by atoms with Crippen molar-refractivity contribution >= 4 is 23.7 Å². The van der Waals surface area contributed by atoms with E-state index in [1.807, 2.05) is 36.4 Å². The second kappa shape index (κ2) is 7.23. The van der Waals surface area contributed by atoms with Crippen LogP contribution in [0.1, 0.15) is 24.0 Å². The Morgan fingerprint density at radius 2 is 1.78 bits per heavy atom. The fourth-order valence-electron chi connectivity index (χ4n) is 3.44. The van der Waals surface area contributed by atoms with Crippen LogP contribution >= 0.6 is 0 Å². The fraction of sp³-hybridized carbons (Fsp3) is 0.238. The monoisotopic (exact) mass is 365 g/mol. The van der Waals surface area contributed by atoms with Crippen molar-refractivity contribution in [3.05, 3.63) is 71.2 Å². The Balaban J connectivity index is 1.53. The number of hydrogen-bond acceptors (Lipinski definition) is 3. The van der Waals surface area contributed by atoms with E-state index in [0.717, 1.165) is 42.1 Å². The Bertz CT molecular complexity index is 905. The molecule has 0 aromatic heterocycles. The first kappa shape index (κ1) is 17.3. The zero-order valence-corrected chi connectivity index (χ0v) is 14.8. The number of nitrogens with one attached hydrogen (secondary N) is 1. The molecule has 2 aromatic carbocycles. The van der Waals surface area contributed by atoms with Crippen LogP contribution in [0.3, 0.4) is 0 Å². The molecular weight excluding hydrogens is 345 g/mol. The standard InChI is InChI=1S/C21H20FN3O2/c22-18-13-17(24-10-4-5-11-24)9-8-16(18)12-19-20(26)25(21(27)23-19)14-15-6-2-1-3-7-15/h1-3,6-9,12-13H,4-5,10-11,14H2,(H,23,27)/b19-12+. The molecule has 2 aromatic rings. The molecule has 2 fully saturated rings. The first-order valence-electron chi connectivity index (χ1n) is 9.05. The summed E-state index contributed by atoms with van der Waals surface area (Å²) in [5.74, 6) is -0.859. The van der Waals surface area contributed by atoms with Crippen molar-refractivity contribution in [2.45, 2.75) is 19.4 Å². The Hall–Kier alpha value is -3.15. The Kier molecular flexibility index (Phi) is 4.62. The zero-order chi connectivity index (χ0) is 18.8. The lowest BCUT2D eigenvalue weighted by atomic mass is 10.1. The molecule has 0 radical (unpaired) electrons. The lowest BCUT2D eigenvalue weighted by Gasteiger charge is -2.17. The van der Waals surface area contributed by atoms with E-state index in [0.29, 0.717) is 0 Å². The first-order chi connectivity index (χ1) is 13.1. The molecule has 2 aliphatic rings. The predicted octanol–water partition coefficient (Wildman–Crippen LogP) is 3.52. The van der Waals surface area contributed by atoms with Gasteiger partial charge in [0.1, 0.15) is 11.5 Å². The number of benzene rings is 2. The number of carbonyl (C=O) groups excluding carboxylic acids is 2. The summed E-state index contributed by atoms with van der Waals surface area (Å²) in [4.78, 5) is 28.0. The highest BCUT2D eigenvalue weighted by molar-refractivity contribution is 6.13. The number of rotatable bonds is 4. The van der Waals surface area contributed by atoms with Gasteiger partial charge in [-0.1, -0.05) is 30.3 Å². The number of halogens is 1. The smallest absolute Gasteiger partial charge is 0.329 e. The third-order valence-corrected chi connectivity index (χ3v) is 4.90. The van der Waals surface area contributed by atoms with Crippen molar-refractivity contribution in [3.63, 3.8) is 0 Å². The molecule has 0 unspecified atom stereocenters. The van der Waals surface area contributed by atoms with Gasteiger partial charge < -0.3 is 10.2 Å². The molecule has 2 saturated heterocycles. The molecule has 27 heavy (non-hydrogen) atoms. The van der Waals surface area contributed by atoms with Gasteiger partial charge in [0.25, 0.3) is 5.91 Å². The molecule has 6 heteroatoms. The average Bonchev–Trinajstić information content (AvgIpc) is 3.29.